The minimum atomic E-state index is 0.620. The van der Waals surface area contributed by atoms with Crippen molar-refractivity contribution in [3.63, 3.8) is 0 Å². The Labute approximate surface area is 124 Å². The molecule has 4 saturated carbocycles. The van der Waals surface area contributed by atoms with E-state index in [1.807, 2.05) is 0 Å². The predicted octanol–water partition coefficient (Wildman–Crippen LogP) is 3.13. The molecule has 20 heavy (non-hydrogen) atoms. The molecule has 114 valence electrons. The van der Waals surface area contributed by atoms with Gasteiger partial charge in [-0.05, 0) is 81.2 Å². The fraction of sp³-hybridized carbons (Fsp3) is 1.00. The van der Waals surface area contributed by atoms with Crippen molar-refractivity contribution in [3.05, 3.63) is 0 Å². The van der Waals surface area contributed by atoms with Crippen LogP contribution in [0.4, 0.5) is 0 Å². The van der Waals surface area contributed by atoms with Gasteiger partial charge in [0.05, 0.1) is 0 Å². The molecule has 2 nitrogen and oxygen atoms in total. The van der Waals surface area contributed by atoms with Crippen LogP contribution in [-0.2, 0) is 0 Å². The van der Waals surface area contributed by atoms with E-state index in [9.17, 15) is 0 Å². The number of rotatable bonds is 1. The van der Waals surface area contributed by atoms with Crippen LogP contribution in [0.2, 0.25) is 0 Å². The Morgan fingerprint density at radius 2 is 1.25 bits per heavy atom. The maximum atomic E-state index is 3.65. The van der Waals surface area contributed by atoms with Crippen LogP contribution < -0.4 is 5.32 Å². The summed E-state index contributed by atoms with van der Waals surface area (Å²) in [5.41, 5.74) is 0.620. The summed E-state index contributed by atoms with van der Waals surface area (Å²) >= 11 is 0. The normalized spacial score (nSPS) is 52.8. The molecule has 5 fully saturated rings. The molecule has 1 N–H and O–H groups in total. The second-order valence-electron chi connectivity index (χ2n) is 8.92. The van der Waals surface area contributed by atoms with Gasteiger partial charge in [0.25, 0.3) is 0 Å². The molecule has 1 heterocycles. The van der Waals surface area contributed by atoms with Gasteiger partial charge in [-0.2, -0.15) is 0 Å². The van der Waals surface area contributed by atoms with Crippen molar-refractivity contribution in [2.24, 2.45) is 29.6 Å². The fourth-order valence-corrected chi connectivity index (χ4v) is 6.37. The molecule has 0 radical (unpaired) electrons. The zero-order valence-corrected chi connectivity index (χ0v) is 13.4. The third-order valence-corrected chi connectivity index (χ3v) is 6.73. The monoisotopic (exact) mass is 276 g/mol. The summed E-state index contributed by atoms with van der Waals surface area (Å²) in [5.74, 6) is 4.87. The highest BCUT2D eigenvalue weighted by atomic mass is 15.2. The smallest absolute Gasteiger partial charge is 0.0217 e. The van der Waals surface area contributed by atoms with Crippen LogP contribution in [0.15, 0.2) is 0 Å². The maximum absolute atomic E-state index is 3.65. The van der Waals surface area contributed by atoms with Crippen LogP contribution in [0.5, 0.6) is 0 Å². The van der Waals surface area contributed by atoms with Crippen molar-refractivity contribution in [3.8, 4) is 0 Å². The fourth-order valence-electron chi connectivity index (χ4n) is 6.37. The third-order valence-electron chi connectivity index (χ3n) is 6.73. The Balaban J connectivity index is 1.57. The van der Waals surface area contributed by atoms with E-state index in [1.165, 1.54) is 45.4 Å². The maximum Gasteiger partial charge on any atom is 0.0217 e. The van der Waals surface area contributed by atoms with Crippen molar-refractivity contribution in [2.75, 3.05) is 26.2 Å². The molecule has 1 saturated heterocycles. The first-order chi connectivity index (χ1) is 9.63. The molecule has 5 rings (SSSR count). The molecule has 1 aliphatic heterocycles. The minimum Gasteiger partial charge on any atom is -0.316 e. The molecule has 2 unspecified atom stereocenters. The molecule has 2 atom stereocenters. The van der Waals surface area contributed by atoms with Crippen LogP contribution in [0.1, 0.15) is 52.4 Å². The SMILES string of the molecule is CC1CNCC(C)CN(C23CC4CC(CC(C4)C2)C3)C1. The van der Waals surface area contributed by atoms with Gasteiger partial charge in [-0.3, -0.25) is 4.90 Å². The van der Waals surface area contributed by atoms with Crippen LogP contribution in [-0.4, -0.2) is 36.6 Å². The Morgan fingerprint density at radius 3 is 1.70 bits per heavy atom. The molecule has 0 aromatic heterocycles. The van der Waals surface area contributed by atoms with Crippen LogP contribution >= 0.6 is 0 Å². The lowest BCUT2D eigenvalue weighted by atomic mass is 9.52. The standard InChI is InChI=1S/C18H32N2/c1-13-9-19-10-14(2)12-20(11-13)18-6-15-3-16(7-18)5-17(4-15)8-18/h13-17,19H,3-12H2,1-2H3. The van der Waals surface area contributed by atoms with Gasteiger partial charge in [0.1, 0.15) is 0 Å². The summed E-state index contributed by atoms with van der Waals surface area (Å²) in [6.07, 6.45) is 9.31. The molecular formula is C18H32N2. The number of nitrogens with zero attached hydrogens (tertiary/aromatic N) is 1. The first-order valence-electron chi connectivity index (χ1n) is 9.09. The molecule has 4 aliphatic carbocycles. The number of hydrogen-bond acceptors (Lipinski definition) is 2. The van der Waals surface area contributed by atoms with Gasteiger partial charge in [-0.1, -0.05) is 13.8 Å². The van der Waals surface area contributed by atoms with Gasteiger partial charge < -0.3 is 5.32 Å². The summed E-state index contributed by atoms with van der Waals surface area (Å²) in [4.78, 5) is 2.98. The second kappa shape index (κ2) is 4.98. The molecule has 0 aromatic rings. The van der Waals surface area contributed by atoms with Gasteiger partial charge in [-0.25, -0.2) is 0 Å². The molecule has 4 bridgehead atoms. The Hall–Kier alpha value is -0.0800. The minimum absolute atomic E-state index is 0.620. The highest BCUT2D eigenvalue weighted by molar-refractivity contribution is 5.08. The largest absolute Gasteiger partial charge is 0.316 e. The van der Waals surface area contributed by atoms with E-state index in [1.54, 1.807) is 19.3 Å². The van der Waals surface area contributed by atoms with Gasteiger partial charge in [-0.15, -0.1) is 0 Å². The third kappa shape index (κ3) is 2.33. The molecule has 5 aliphatic rings. The molecule has 2 heteroatoms. The number of nitrogens with one attached hydrogen (secondary N) is 1. The van der Waals surface area contributed by atoms with Crippen molar-refractivity contribution in [2.45, 2.75) is 57.9 Å². The lowest BCUT2D eigenvalue weighted by molar-refractivity contribution is -0.0982. The summed E-state index contributed by atoms with van der Waals surface area (Å²) in [6, 6.07) is 0. The van der Waals surface area contributed by atoms with E-state index < -0.39 is 0 Å². The van der Waals surface area contributed by atoms with E-state index in [2.05, 4.69) is 24.1 Å². The highest BCUT2D eigenvalue weighted by Crippen LogP contribution is 2.58. The molecular weight excluding hydrogens is 244 g/mol. The van der Waals surface area contributed by atoms with Crippen LogP contribution in [0.3, 0.4) is 0 Å². The van der Waals surface area contributed by atoms with Gasteiger partial charge in [0, 0.05) is 18.6 Å². The zero-order chi connectivity index (χ0) is 13.7. The van der Waals surface area contributed by atoms with E-state index in [-0.39, 0.29) is 0 Å². The summed E-state index contributed by atoms with van der Waals surface area (Å²) < 4.78 is 0. The quantitative estimate of drug-likeness (QED) is 0.791. The lowest BCUT2D eigenvalue weighted by Crippen LogP contribution is -2.62. The van der Waals surface area contributed by atoms with E-state index in [0.717, 1.165) is 29.6 Å². The zero-order valence-electron chi connectivity index (χ0n) is 13.4. The first kappa shape index (κ1) is 13.6. The van der Waals surface area contributed by atoms with Gasteiger partial charge >= 0.3 is 0 Å². The van der Waals surface area contributed by atoms with Crippen molar-refractivity contribution < 1.29 is 0 Å². The number of hydrogen-bond donors (Lipinski definition) is 1. The Bertz CT molecular complexity index is 317. The van der Waals surface area contributed by atoms with E-state index >= 15 is 0 Å². The Morgan fingerprint density at radius 1 is 0.800 bits per heavy atom. The van der Waals surface area contributed by atoms with Crippen molar-refractivity contribution in [1.29, 1.82) is 0 Å². The summed E-state index contributed by atoms with van der Waals surface area (Å²) in [5, 5.41) is 3.65. The van der Waals surface area contributed by atoms with Crippen LogP contribution in [0, 0.1) is 29.6 Å². The average molecular weight is 276 g/mol. The van der Waals surface area contributed by atoms with E-state index in [4.69, 9.17) is 0 Å². The first-order valence-corrected chi connectivity index (χ1v) is 9.09. The highest BCUT2D eigenvalue weighted by Gasteiger charge is 2.53. The summed E-state index contributed by atoms with van der Waals surface area (Å²) in [6.45, 7) is 9.99. The second-order valence-corrected chi connectivity index (χ2v) is 8.92. The predicted molar refractivity (Wildman–Crippen MR) is 83.7 cm³/mol. The van der Waals surface area contributed by atoms with Crippen molar-refractivity contribution >= 4 is 0 Å². The van der Waals surface area contributed by atoms with Crippen LogP contribution in [0.25, 0.3) is 0 Å². The average Bonchev–Trinajstić information content (AvgIpc) is 2.34. The van der Waals surface area contributed by atoms with Gasteiger partial charge in [0.2, 0.25) is 0 Å². The Kier molecular flexibility index (Phi) is 3.38. The molecule has 0 amide bonds. The topological polar surface area (TPSA) is 15.3 Å². The summed E-state index contributed by atoms with van der Waals surface area (Å²) in [7, 11) is 0. The molecule has 0 aromatic carbocycles. The van der Waals surface area contributed by atoms with Gasteiger partial charge in [0.15, 0.2) is 0 Å². The van der Waals surface area contributed by atoms with E-state index in [0.29, 0.717) is 5.54 Å². The van der Waals surface area contributed by atoms with Crippen molar-refractivity contribution in [1.82, 2.24) is 10.2 Å². The lowest BCUT2D eigenvalue weighted by Gasteiger charge is -2.61. The molecule has 0 spiro atoms.